The van der Waals surface area contributed by atoms with Gasteiger partial charge in [0.1, 0.15) is 5.76 Å². The van der Waals surface area contributed by atoms with E-state index in [2.05, 4.69) is 15.8 Å². The van der Waals surface area contributed by atoms with Gasteiger partial charge in [-0.25, -0.2) is 0 Å². The first-order valence-electron chi connectivity index (χ1n) is 6.12. The topological polar surface area (TPSA) is 93.5 Å². The SMILES string of the molecule is COCCNC(=O)C1CC1C(=O)Nc1cc(C)on1. The standard InChI is InChI=1S/C12H17N3O4/c1-7-5-10(15-19-7)14-12(17)9-6-8(9)11(16)13-3-4-18-2/h5,8-9H,3-4,6H2,1-2H3,(H,13,16)(H,14,15,17). The van der Waals surface area contributed by atoms with Crippen molar-refractivity contribution in [3.05, 3.63) is 11.8 Å². The Kier molecular flexibility index (Phi) is 4.16. The molecule has 1 aliphatic rings. The van der Waals surface area contributed by atoms with Crippen LogP contribution in [0.2, 0.25) is 0 Å². The number of aryl methyl sites for hydroxylation is 1. The van der Waals surface area contributed by atoms with Gasteiger partial charge in [0.25, 0.3) is 0 Å². The van der Waals surface area contributed by atoms with E-state index < -0.39 is 0 Å². The fourth-order valence-corrected chi connectivity index (χ4v) is 1.83. The first kappa shape index (κ1) is 13.5. The van der Waals surface area contributed by atoms with Gasteiger partial charge in [-0.1, -0.05) is 5.16 Å². The fourth-order valence-electron chi connectivity index (χ4n) is 1.83. The van der Waals surface area contributed by atoms with E-state index in [9.17, 15) is 9.59 Å². The molecular formula is C12H17N3O4. The lowest BCUT2D eigenvalue weighted by molar-refractivity contribution is -0.125. The number of carbonyl (C=O) groups is 2. The maximum atomic E-state index is 11.8. The Balaban J connectivity index is 1.75. The summed E-state index contributed by atoms with van der Waals surface area (Å²) in [6, 6.07) is 1.63. The van der Waals surface area contributed by atoms with E-state index in [-0.39, 0.29) is 23.7 Å². The van der Waals surface area contributed by atoms with Crippen LogP contribution in [0.1, 0.15) is 12.2 Å². The molecule has 104 valence electrons. The maximum absolute atomic E-state index is 11.8. The zero-order valence-corrected chi connectivity index (χ0v) is 10.9. The third-order valence-corrected chi connectivity index (χ3v) is 2.95. The number of nitrogens with one attached hydrogen (secondary N) is 2. The predicted octanol–water partition coefficient (Wildman–Crippen LogP) is 0.320. The van der Waals surface area contributed by atoms with Gasteiger partial charge in [-0.05, 0) is 13.3 Å². The highest BCUT2D eigenvalue weighted by Gasteiger charge is 2.48. The highest BCUT2D eigenvalue weighted by Crippen LogP contribution is 2.39. The molecule has 1 fully saturated rings. The normalized spacial score (nSPS) is 20.9. The molecule has 2 atom stereocenters. The van der Waals surface area contributed by atoms with Gasteiger partial charge in [0, 0.05) is 19.7 Å². The van der Waals surface area contributed by atoms with Crippen LogP contribution in [0.4, 0.5) is 5.82 Å². The molecule has 7 nitrogen and oxygen atoms in total. The summed E-state index contributed by atoms with van der Waals surface area (Å²) in [4.78, 5) is 23.5. The second-order valence-corrected chi connectivity index (χ2v) is 4.54. The Morgan fingerprint density at radius 3 is 2.84 bits per heavy atom. The summed E-state index contributed by atoms with van der Waals surface area (Å²) in [5.41, 5.74) is 0. The molecule has 2 amide bonds. The van der Waals surface area contributed by atoms with Gasteiger partial charge in [-0.3, -0.25) is 9.59 Å². The number of ether oxygens (including phenoxy) is 1. The van der Waals surface area contributed by atoms with Crippen molar-refractivity contribution < 1.29 is 18.8 Å². The Morgan fingerprint density at radius 1 is 1.47 bits per heavy atom. The summed E-state index contributed by atoms with van der Waals surface area (Å²) in [5, 5.41) is 9.02. The van der Waals surface area contributed by atoms with Crippen LogP contribution in [0.5, 0.6) is 0 Å². The summed E-state index contributed by atoms with van der Waals surface area (Å²) in [6.45, 7) is 2.67. The minimum absolute atomic E-state index is 0.103. The minimum atomic E-state index is -0.278. The third-order valence-electron chi connectivity index (χ3n) is 2.95. The molecular weight excluding hydrogens is 250 g/mol. The van der Waals surface area contributed by atoms with Crippen molar-refractivity contribution in [2.45, 2.75) is 13.3 Å². The monoisotopic (exact) mass is 267 g/mol. The number of carbonyl (C=O) groups excluding carboxylic acids is 2. The highest BCUT2D eigenvalue weighted by atomic mass is 16.5. The molecule has 0 aromatic carbocycles. The quantitative estimate of drug-likeness (QED) is 0.724. The van der Waals surface area contributed by atoms with Gasteiger partial charge < -0.3 is 19.9 Å². The molecule has 0 bridgehead atoms. The number of hydrogen-bond donors (Lipinski definition) is 2. The number of hydrogen-bond acceptors (Lipinski definition) is 5. The number of anilines is 1. The molecule has 2 N–H and O–H groups in total. The van der Waals surface area contributed by atoms with Gasteiger partial charge in [0.05, 0.1) is 18.4 Å². The number of amides is 2. The number of rotatable bonds is 6. The van der Waals surface area contributed by atoms with Crippen LogP contribution in [0, 0.1) is 18.8 Å². The molecule has 0 aliphatic heterocycles. The van der Waals surface area contributed by atoms with Crippen LogP contribution < -0.4 is 10.6 Å². The first-order chi connectivity index (χ1) is 9.11. The van der Waals surface area contributed by atoms with E-state index in [1.807, 2.05) is 0 Å². The smallest absolute Gasteiger partial charge is 0.229 e. The number of methoxy groups -OCH3 is 1. The Bertz CT molecular complexity index is 471. The maximum Gasteiger partial charge on any atom is 0.229 e. The average molecular weight is 267 g/mol. The molecule has 1 heterocycles. The fraction of sp³-hybridized carbons (Fsp3) is 0.583. The van der Waals surface area contributed by atoms with Crippen LogP contribution in [-0.4, -0.2) is 37.2 Å². The molecule has 0 saturated heterocycles. The summed E-state index contributed by atoms with van der Waals surface area (Å²) in [6.07, 6.45) is 0.571. The summed E-state index contributed by atoms with van der Waals surface area (Å²) < 4.78 is 9.68. The molecule has 7 heteroatoms. The van der Waals surface area contributed by atoms with Crippen LogP contribution in [-0.2, 0) is 14.3 Å². The summed E-state index contributed by atoms with van der Waals surface area (Å²) in [7, 11) is 1.57. The second kappa shape index (κ2) is 5.83. The van der Waals surface area contributed by atoms with Gasteiger partial charge in [-0.2, -0.15) is 0 Å². The second-order valence-electron chi connectivity index (χ2n) is 4.54. The minimum Gasteiger partial charge on any atom is -0.383 e. The Hall–Kier alpha value is -1.89. The van der Waals surface area contributed by atoms with Gasteiger partial charge in [0.15, 0.2) is 5.82 Å². The number of aromatic nitrogens is 1. The van der Waals surface area contributed by atoms with E-state index in [4.69, 9.17) is 9.26 Å². The van der Waals surface area contributed by atoms with Crippen molar-refractivity contribution in [1.82, 2.24) is 10.5 Å². The lowest BCUT2D eigenvalue weighted by Gasteiger charge is -2.03. The molecule has 0 radical (unpaired) electrons. The van der Waals surface area contributed by atoms with Crippen LogP contribution in [0.25, 0.3) is 0 Å². The van der Waals surface area contributed by atoms with Crippen molar-refractivity contribution in [3.63, 3.8) is 0 Å². The molecule has 19 heavy (non-hydrogen) atoms. The Labute approximate surface area is 110 Å². The third kappa shape index (κ3) is 3.54. The highest BCUT2D eigenvalue weighted by molar-refractivity contribution is 5.98. The van der Waals surface area contributed by atoms with Crippen LogP contribution >= 0.6 is 0 Å². The molecule has 2 unspecified atom stereocenters. The predicted molar refractivity (Wildman–Crippen MR) is 66.4 cm³/mol. The lowest BCUT2D eigenvalue weighted by Crippen LogP contribution is -2.30. The summed E-state index contributed by atoms with van der Waals surface area (Å²) >= 11 is 0. The van der Waals surface area contributed by atoms with E-state index in [0.717, 1.165) is 0 Å². The lowest BCUT2D eigenvalue weighted by atomic mass is 10.3. The molecule has 1 aliphatic carbocycles. The molecule has 1 saturated carbocycles. The first-order valence-corrected chi connectivity index (χ1v) is 6.12. The molecule has 2 rings (SSSR count). The molecule has 1 aromatic rings. The average Bonchev–Trinajstić information content (AvgIpc) is 3.08. The van der Waals surface area contributed by atoms with Crippen molar-refractivity contribution in [2.75, 3.05) is 25.6 Å². The van der Waals surface area contributed by atoms with Crippen LogP contribution in [0.3, 0.4) is 0 Å². The largest absolute Gasteiger partial charge is 0.383 e. The van der Waals surface area contributed by atoms with E-state index in [1.54, 1.807) is 20.1 Å². The van der Waals surface area contributed by atoms with Crippen molar-refractivity contribution in [2.24, 2.45) is 11.8 Å². The zero-order valence-electron chi connectivity index (χ0n) is 10.9. The van der Waals surface area contributed by atoms with Gasteiger partial charge in [0.2, 0.25) is 11.8 Å². The van der Waals surface area contributed by atoms with Gasteiger partial charge >= 0.3 is 0 Å². The zero-order chi connectivity index (χ0) is 13.8. The van der Waals surface area contributed by atoms with Gasteiger partial charge in [-0.15, -0.1) is 0 Å². The van der Waals surface area contributed by atoms with E-state index >= 15 is 0 Å². The summed E-state index contributed by atoms with van der Waals surface area (Å²) in [5.74, 6) is 0.186. The molecule has 1 aromatic heterocycles. The van der Waals surface area contributed by atoms with Crippen molar-refractivity contribution >= 4 is 17.6 Å². The molecule has 0 spiro atoms. The van der Waals surface area contributed by atoms with E-state index in [1.165, 1.54) is 0 Å². The van der Waals surface area contributed by atoms with Crippen LogP contribution in [0.15, 0.2) is 10.6 Å². The van der Waals surface area contributed by atoms with E-state index in [0.29, 0.717) is 31.2 Å². The van der Waals surface area contributed by atoms with Crippen molar-refractivity contribution in [3.8, 4) is 0 Å². The Morgan fingerprint density at radius 2 is 2.21 bits per heavy atom. The van der Waals surface area contributed by atoms with Crippen molar-refractivity contribution in [1.29, 1.82) is 0 Å². The number of nitrogens with zero attached hydrogens (tertiary/aromatic N) is 1.